The number of hydrogen-bond donors (Lipinski definition) is 3. The smallest absolute Gasteiger partial charge is 0.224 e. The normalized spacial score (nSPS) is 11.9. The zero-order valence-electron chi connectivity index (χ0n) is 21.6. The van der Waals surface area contributed by atoms with Crippen molar-refractivity contribution in [2.24, 2.45) is 5.41 Å². The molecule has 6 heterocycles. The highest BCUT2D eigenvalue weighted by atomic mass is 32.1. The number of carbonyl (C=O) groups is 1. The molecule has 0 fully saturated rings. The molecule has 6 aromatic heterocycles. The SMILES string of the molecule is Cc1ccc(-c2cncc3[nH]c(-c4n[nH]c5ccc(-c6cncc(NC(=O)CC(C)(C)C)c6)nc45)cc23)s1. The van der Waals surface area contributed by atoms with E-state index >= 15 is 0 Å². The summed E-state index contributed by atoms with van der Waals surface area (Å²) in [5.74, 6) is -0.0395. The van der Waals surface area contributed by atoms with Gasteiger partial charge >= 0.3 is 0 Å². The molecule has 0 aliphatic heterocycles. The van der Waals surface area contributed by atoms with Crippen molar-refractivity contribution in [3.05, 3.63) is 66.1 Å². The lowest BCUT2D eigenvalue weighted by atomic mass is 9.92. The Balaban J connectivity index is 1.36. The molecule has 6 rings (SSSR count). The van der Waals surface area contributed by atoms with Gasteiger partial charge in [-0.2, -0.15) is 5.10 Å². The van der Waals surface area contributed by atoms with Crippen LogP contribution >= 0.6 is 11.3 Å². The molecule has 0 aromatic carbocycles. The molecule has 0 aliphatic carbocycles. The largest absolute Gasteiger partial charge is 0.352 e. The van der Waals surface area contributed by atoms with E-state index in [4.69, 9.17) is 4.98 Å². The number of aryl methyl sites for hydroxylation is 1. The number of hydrogen-bond acceptors (Lipinski definition) is 6. The van der Waals surface area contributed by atoms with Crippen LogP contribution in [0.5, 0.6) is 0 Å². The number of aromatic nitrogens is 6. The van der Waals surface area contributed by atoms with Gasteiger partial charge in [-0.05, 0) is 48.7 Å². The van der Waals surface area contributed by atoms with Gasteiger partial charge in [-0.25, -0.2) is 4.98 Å². The van der Waals surface area contributed by atoms with E-state index in [0.717, 1.165) is 50.1 Å². The van der Waals surface area contributed by atoms with Crippen LogP contribution in [0.1, 0.15) is 32.1 Å². The van der Waals surface area contributed by atoms with E-state index in [9.17, 15) is 4.79 Å². The van der Waals surface area contributed by atoms with Gasteiger partial charge in [-0.1, -0.05) is 20.8 Å². The fraction of sp³-hybridized carbons (Fsp3) is 0.207. The molecule has 9 heteroatoms. The fourth-order valence-corrected chi connectivity index (χ4v) is 5.43. The first-order valence-corrected chi connectivity index (χ1v) is 13.2. The lowest BCUT2D eigenvalue weighted by Gasteiger charge is -2.17. The minimum absolute atomic E-state index is 0.0395. The Bertz CT molecular complexity index is 1800. The summed E-state index contributed by atoms with van der Waals surface area (Å²) in [6.07, 6.45) is 7.56. The Labute approximate surface area is 223 Å². The molecule has 0 saturated carbocycles. The van der Waals surface area contributed by atoms with Crippen molar-refractivity contribution in [3.8, 4) is 33.1 Å². The van der Waals surface area contributed by atoms with Gasteiger partial charge in [0.25, 0.3) is 0 Å². The number of nitrogens with one attached hydrogen (secondary N) is 3. The second kappa shape index (κ2) is 9.18. The van der Waals surface area contributed by atoms with Crippen molar-refractivity contribution < 1.29 is 4.79 Å². The van der Waals surface area contributed by atoms with E-state index in [-0.39, 0.29) is 11.3 Å². The Kier molecular flexibility index (Phi) is 5.80. The maximum absolute atomic E-state index is 12.4. The maximum Gasteiger partial charge on any atom is 0.224 e. The molecular formula is C29H27N7OS. The maximum atomic E-state index is 12.4. The van der Waals surface area contributed by atoms with Crippen molar-refractivity contribution in [3.63, 3.8) is 0 Å². The number of nitrogens with zero attached hydrogens (tertiary/aromatic N) is 4. The minimum Gasteiger partial charge on any atom is -0.352 e. The summed E-state index contributed by atoms with van der Waals surface area (Å²) >= 11 is 1.75. The second-order valence-corrected chi connectivity index (χ2v) is 11.9. The highest BCUT2D eigenvalue weighted by Crippen LogP contribution is 2.36. The zero-order valence-corrected chi connectivity index (χ0v) is 22.4. The predicted molar refractivity (Wildman–Crippen MR) is 153 cm³/mol. The van der Waals surface area contributed by atoms with Crippen molar-refractivity contribution in [2.45, 2.75) is 34.1 Å². The molecule has 0 atom stereocenters. The van der Waals surface area contributed by atoms with Crippen LogP contribution in [0.15, 0.2) is 61.2 Å². The molecule has 0 unspecified atom stereocenters. The Morgan fingerprint density at radius 3 is 2.63 bits per heavy atom. The van der Waals surface area contributed by atoms with Gasteiger partial charge in [0.15, 0.2) is 0 Å². The molecule has 38 heavy (non-hydrogen) atoms. The topological polar surface area (TPSA) is 112 Å². The first kappa shape index (κ1) is 24.0. The van der Waals surface area contributed by atoms with Gasteiger partial charge in [0.1, 0.15) is 11.2 Å². The summed E-state index contributed by atoms with van der Waals surface area (Å²) in [6, 6.07) is 12.1. The number of carbonyl (C=O) groups excluding carboxylic acids is 1. The summed E-state index contributed by atoms with van der Waals surface area (Å²) in [6.45, 7) is 8.22. The van der Waals surface area contributed by atoms with Crippen LogP contribution in [-0.4, -0.2) is 36.0 Å². The number of aromatic amines is 2. The third-order valence-electron chi connectivity index (χ3n) is 6.22. The lowest BCUT2D eigenvalue weighted by molar-refractivity contribution is -0.117. The summed E-state index contributed by atoms with van der Waals surface area (Å²) in [5.41, 5.74) is 7.30. The van der Waals surface area contributed by atoms with Crippen LogP contribution in [0.25, 0.3) is 55.0 Å². The molecule has 0 spiro atoms. The Morgan fingerprint density at radius 1 is 1.00 bits per heavy atom. The van der Waals surface area contributed by atoms with Gasteiger partial charge in [0.05, 0.1) is 40.5 Å². The molecule has 3 N–H and O–H groups in total. The molecule has 190 valence electrons. The predicted octanol–water partition coefficient (Wildman–Crippen LogP) is 6.97. The van der Waals surface area contributed by atoms with Crippen LogP contribution in [0, 0.1) is 12.3 Å². The molecule has 1 amide bonds. The first-order chi connectivity index (χ1) is 18.2. The molecule has 0 bridgehead atoms. The average Bonchev–Trinajstić information content (AvgIpc) is 3.60. The van der Waals surface area contributed by atoms with Gasteiger partial charge in [0, 0.05) is 45.1 Å². The Hall–Kier alpha value is -4.37. The van der Waals surface area contributed by atoms with Gasteiger partial charge in [-0.15, -0.1) is 11.3 Å². The summed E-state index contributed by atoms with van der Waals surface area (Å²) in [4.78, 5) is 32.1. The van der Waals surface area contributed by atoms with Gasteiger partial charge < -0.3 is 10.3 Å². The van der Waals surface area contributed by atoms with E-state index in [1.165, 1.54) is 9.75 Å². The summed E-state index contributed by atoms with van der Waals surface area (Å²) in [7, 11) is 0. The number of rotatable bonds is 5. The quantitative estimate of drug-likeness (QED) is 0.227. The van der Waals surface area contributed by atoms with Crippen molar-refractivity contribution in [2.75, 3.05) is 5.32 Å². The standard InChI is InChI=1S/C29H27N7OS/c1-16-5-8-25(38-16)20-14-31-15-24-19(20)10-23(33-24)28-27-22(35-36-28)7-6-21(34-27)17-9-18(13-30-12-17)32-26(37)11-29(2,3)4/h5-10,12-15,33H,11H2,1-4H3,(H,32,37)(H,35,36). The van der Waals surface area contributed by atoms with Crippen molar-refractivity contribution in [1.82, 2.24) is 30.1 Å². The number of amides is 1. The average molecular weight is 522 g/mol. The number of H-pyrrole nitrogens is 2. The number of anilines is 1. The molecule has 0 radical (unpaired) electrons. The van der Waals surface area contributed by atoms with Gasteiger partial charge in [-0.3, -0.25) is 19.9 Å². The molecule has 0 aliphatic rings. The van der Waals surface area contributed by atoms with E-state index in [0.29, 0.717) is 12.1 Å². The van der Waals surface area contributed by atoms with E-state index in [1.54, 1.807) is 23.7 Å². The van der Waals surface area contributed by atoms with Crippen LogP contribution in [-0.2, 0) is 4.79 Å². The van der Waals surface area contributed by atoms with Gasteiger partial charge in [0.2, 0.25) is 5.91 Å². The minimum atomic E-state index is -0.0957. The molecule has 6 aromatic rings. The third-order valence-corrected chi connectivity index (χ3v) is 7.26. The Morgan fingerprint density at radius 2 is 1.84 bits per heavy atom. The van der Waals surface area contributed by atoms with E-state index < -0.39 is 0 Å². The number of thiophene rings is 1. The zero-order chi connectivity index (χ0) is 26.4. The van der Waals surface area contributed by atoms with Crippen molar-refractivity contribution in [1.29, 1.82) is 0 Å². The van der Waals surface area contributed by atoms with Crippen LogP contribution < -0.4 is 5.32 Å². The van der Waals surface area contributed by atoms with Crippen LogP contribution in [0.2, 0.25) is 0 Å². The number of pyridine rings is 3. The lowest BCUT2D eigenvalue weighted by Crippen LogP contribution is -2.19. The summed E-state index contributed by atoms with van der Waals surface area (Å²) < 4.78 is 0. The fourth-order valence-electron chi connectivity index (χ4n) is 4.54. The first-order valence-electron chi connectivity index (χ1n) is 12.4. The third kappa shape index (κ3) is 4.68. The van der Waals surface area contributed by atoms with Crippen LogP contribution in [0.4, 0.5) is 5.69 Å². The second-order valence-electron chi connectivity index (χ2n) is 10.7. The van der Waals surface area contributed by atoms with Crippen LogP contribution in [0.3, 0.4) is 0 Å². The highest BCUT2D eigenvalue weighted by molar-refractivity contribution is 7.15. The van der Waals surface area contributed by atoms with Crippen molar-refractivity contribution >= 4 is 44.9 Å². The van der Waals surface area contributed by atoms with E-state index in [2.05, 4.69) is 55.6 Å². The molecule has 8 nitrogen and oxygen atoms in total. The molecular weight excluding hydrogens is 494 g/mol. The van der Waals surface area contributed by atoms with E-state index in [1.807, 2.05) is 51.4 Å². The highest BCUT2D eigenvalue weighted by Gasteiger charge is 2.18. The molecule has 0 saturated heterocycles. The number of fused-ring (bicyclic) bond motifs is 2. The monoisotopic (exact) mass is 521 g/mol. The summed E-state index contributed by atoms with van der Waals surface area (Å²) in [5, 5.41) is 11.7.